The van der Waals surface area contributed by atoms with Gasteiger partial charge in [0.05, 0.1) is 13.2 Å². The molecule has 2 rings (SSSR count). The second-order valence-corrected chi connectivity index (χ2v) is 7.67. The van der Waals surface area contributed by atoms with Gasteiger partial charge in [-0.25, -0.2) is 0 Å². The zero-order valence-corrected chi connectivity index (χ0v) is 15.5. The van der Waals surface area contributed by atoms with Crippen LogP contribution in [0.25, 0.3) is 0 Å². The van der Waals surface area contributed by atoms with Gasteiger partial charge in [0, 0.05) is 29.8 Å². The molecular formula is C19H30N2O2S. The van der Waals surface area contributed by atoms with Crippen LogP contribution in [0.5, 0.6) is 0 Å². The monoisotopic (exact) mass is 350 g/mol. The molecule has 0 aliphatic heterocycles. The van der Waals surface area contributed by atoms with E-state index in [2.05, 4.69) is 41.4 Å². The van der Waals surface area contributed by atoms with Crippen LogP contribution >= 0.6 is 11.8 Å². The van der Waals surface area contributed by atoms with Gasteiger partial charge in [0.25, 0.3) is 0 Å². The summed E-state index contributed by atoms with van der Waals surface area (Å²) < 4.78 is 0. The van der Waals surface area contributed by atoms with Crippen LogP contribution in [0.15, 0.2) is 29.2 Å². The van der Waals surface area contributed by atoms with Crippen molar-refractivity contribution in [2.24, 2.45) is 0 Å². The molecule has 0 radical (unpaired) electrons. The van der Waals surface area contributed by atoms with Crippen molar-refractivity contribution >= 4 is 17.7 Å². The first-order valence-electron chi connectivity index (χ1n) is 9.00. The normalized spacial score (nSPS) is 15.6. The van der Waals surface area contributed by atoms with Crippen molar-refractivity contribution in [3.05, 3.63) is 29.8 Å². The van der Waals surface area contributed by atoms with E-state index in [1.54, 1.807) is 11.8 Å². The van der Waals surface area contributed by atoms with Gasteiger partial charge in [-0.1, -0.05) is 37.0 Å². The van der Waals surface area contributed by atoms with Gasteiger partial charge in [-0.15, -0.1) is 11.8 Å². The Morgan fingerprint density at radius 3 is 2.62 bits per heavy atom. The molecule has 134 valence electrons. The van der Waals surface area contributed by atoms with E-state index in [1.807, 2.05) is 0 Å². The van der Waals surface area contributed by atoms with Crippen LogP contribution in [0.2, 0.25) is 0 Å². The second-order valence-electron chi connectivity index (χ2n) is 6.50. The summed E-state index contributed by atoms with van der Waals surface area (Å²) in [5, 5.41) is 12.3. The first-order chi connectivity index (χ1) is 11.7. The van der Waals surface area contributed by atoms with E-state index in [4.69, 9.17) is 0 Å². The number of nitrogens with one attached hydrogen (secondary N) is 1. The first-order valence-corrected chi connectivity index (χ1v) is 9.98. The van der Waals surface area contributed by atoms with Gasteiger partial charge >= 0.3 is 0 Å². The number of aryl methyl sites for hydroxylation is 1. The average molecular weight is 351 g/mol. The average Bonchev–Trinajstić information content (AvgIpc) is 2.61. The second kappa shape index (κ2) is 10.7. The molecule has 1 aromatic carbocycles. The summed E-state index contributed by atoms with van der Waals surface area (Å²) in [5.41, 5.74) is 1.26. The number of amides is 1. The highest BCUT2D eigenvalue weighted by molar-refractivity contribution is 7.99. The molecule has 5 heteroatoms. The fourth-order valence-corrected chi connectivity index (χ4v) is 3.97. The quantitative estimate of drug-likeness (QED) is 0.531. The lowest BCUT2D eigenvalue weighted by Gasteiger charge is -2.33. The smallest absolute Gasteiger partial charge is 0.234 e. The number of thioether (sulfide) groups is 1. The molecule has 1 aromatic rings. The molecular weight excluding hydrogens is 320 g/mol. The Hall–Kier alpha value is -1.04. The largest absolute Gasteiger partial charge is 0.395 e. The number of hydrogen-bond donors (Lipinski definition) is 2. The summed E-state index contributed by atoms with van der Waals surface area (Å²) in [4.78, 5) is 15.6. The van der Waals surface area contributed by atoms with Crippen molar-refractivity contribution in [2.75, 3.05) is 32.0 Å². The summed E-state index contributed by atoms with van der Waals surface area (Å²) >= 11 is 1.76. The van der Waals surface area contributed by atoms with Crippen molar-refractivity contribution in [2.45, 2.75) is 50.0 Å². The Labute approximate surface area is 150 Å². The minimum atomic E-state index is 0.0681. The van der Waals surface area contributed by atoms with E-state index < -0.39 is 0 Å². The summed E-state index contributed by atoms with van der Waals surface area (Å²) in [6.45, 7) is 3.87. The van der Waals surface area contributed by atoms with Crippen LogP contribution < -0.4 is 5.32 Å². The van der Waals surface area contributed by atoms with E-state index in [-0.39, 0.29) is 12.5 Å². The number of aliphatic hydroxyl groups is 1. The lowest BCUT2D eigenvalue weighted by atomic mass is 9.94. The van der Waals surface area contributed by atoms with Crippen LogP contribution in [0, 0.1) is 6.92 Å². The number of hydrogen-bond acceptors (Lipinski definition) is 4. The molecule has 0 spiro atoms. The van der Waals surface area contributed by atoms with E-state index in [1.165, 1.54) is 29.7 Å². The Morgan fingerprint density at radius 2 is 1.96 bits per heavy atom. The van der Waals surface area contributed by atoms with Crippen molar-refractivity contribution in [1.82, 2.24) is 10.2 Å². The Bertz CT molecular complexity index is 487. The third kappa shape index (κ3) is 6.83. The van der Waals surface area contributed by atoms with Crippen molar-refractivity contribution < 1.29 is 9.90 Å². The minimum Gasteiger partial charge on any atom is -0.395 e. The lowest BCUT2D eigenvalue weighted by molar-refractivity contribution is -0.123. The zero-order valence-electron chi connectivity index (χ0n) is 14.7. The van der Waals surface area contributed by atoms with E-state index in [0.29, 0.717) is 25.7 Å². The fourth-order valence-electron chi connectivity index (χ4n) is 3.20. The Balaban J connectivity index is 1.67. The van der Waals surface area contributed by atoms with Gasteiger partial charge in [0.15, 0.2) is 0 Å². The van der Waals surface area contributed by atoms with Gasteiger partial charge in [-0.2, -0.15) is 0 Å². The summed E-state index contributed by atoms with van der Waals surface area (Å²) in [6, 6.07) is 8.91. The maximum absolute atomic E-state index is 12.2. The molecule has 1 fully saturated rings. The molecule has 0 unspecified atom stereocenters. The highest BCUT2D eigenvalue weighted by atomic mass is 32.2. The standard InChI is InChI=1S/C19H30N2O2S/c1-16-7-9-18(10-8-16)24-14-11-20-19(23)15-21(12-13-22)17-5-3-2-4-6-17/h7-10,17,22H,2-6,11-15H2,1H3,(H,20,23). The number of carbonyl (C=O) groups is 1. The van der Waals surface area contributed by atoms with E-state index >= 15 is 0 Å². The third-order valence-corrected chi connectivity index (χ3v) is 5.55. The maximum Gasteiger partial charge on any atom is 0.234 e. The van der Waals surface area contributed by atoms with Gasteiger partial charge < -0.3 is 10.4 Å². The molecule has 24 heavy (non-hydrogen) atoms. The summed E-state index contributed by atoms with van der Waals surface area (Å²) in [7, 11) is 0. The number of benzene rings is 1. The van der Waals surface area contributed by atoms with Crippen LogP contribution in [0.4, 0.5) is 0 Å². The molecule has 0 bridgehead atoms. The van der Waals surface area contributed by atoms with Crippen LogP contribution in [-0.4, -0.2) is 53.9 Å². The molecule has 1 amide bonds. The number of carbonyl (C=O) groups excluding carboxylic acids is 1. The Morgan fingerprint density at radius 1 is 1.25 bits per heavy atom. The first kappa shape index (κ1) is 19.3. The van der Waals surface area contributed by atoms with Crippen LogP contribution in [0.3, 0.4) is 0 Å². The number of nitrogens with zero attached hydrogens (tertiary/aromatic N) is 1. The SMILES string of the molecule is Cc1ccc(SCCNC(=O)CN(CCO)C2CCCCC2)cc1. The van der Waals surface area contributed by atoms with Crippen LogP contribution in [0.1, 0.15) is 37.7 Å². The predicted octanol–water partition coefficient (Wildman–Crippen LogP) is 2.83. The van der Waals surface area contributed by atoms with Crippen molar-refractivity contribution in [3.63, 3.8) is 0 Å². The third-order valence-electron chi connectivity index (χ3n) is 4.54. The van der Waals surface area contributed by atoms with Gasteiger partial charge in [-0.3, -0.25) is 9.69 Å². The molecule has 1 aliphatic rings. The maximum atomic E-state index is 12.2. The van der Waals surface area contributed by atoms with Gasteiger partial charge in [-0.05, 0) is 31.9 Å². The molecule has 2 N–H and O–H groups in total. The molecule has 0 aromatic heterocycles. The minimum absolute atomic E-state index is 0.0681. The van der Waals surface area contributed by atoms with Crippen molar-refractivity contribution in [3.8, 4) is 0 Å². The molecule has 0 atom stereocenters. The molecule has 0 heterocycles. The highest BCUT2D eigenvalue weighted by Crippen LogP contribution is 2.22. The summed E-state index contributed by atoms with van der Waals surface area (Å²) in [6.07, 6.45) is 6.07. The molecule has 0 saturated heterocycles. The summed E-state index contributed by atoms with van der Waals surface area (Å²) in [5.74, 6) is 0.941. The van der Waals surface area contributed by atoms with Crippen molar-refractivity contribution in [1.29, 1.82) is 0 Å². The van der Waals surface area contributed by atoms with Gasteiger partial charge in [0.2, 0.25) is 5.91 Å². The molecule has 4 nitrogen and oxygen atoms in total. The Kier molecular flexibility index (Phi) is 8.64. The molecule has 1 saturated carbocycles. The number of aliphatic hydroxyl groups excluding tert-OH is 1. The fraction of sp³-hybridized carbons (Fsp3) is 0.632. The van der Waals surface area contributed by atoms with E-state index in [0.717, 1.165) is 18.6 Å². The van der Waals surface area contributed by atoms with E-state index in [9.17, 15) is 9.90 Å². The highest BCUT2D eigenvalue weighted by Gasteiger charge is 2.22. The topological polar surface area (TPSA) is 52.6 Å². The zero-order chi connectivity index (χ0) is 17.2. The molecule has 1 aliphatic carbocycles. The van der Waals surface area contributed by atoms with Crippen LogP contribution in [-0.2, 0) is 4.79 Å². The lowest BCUT2D eigenvalue weighted by Crippen LogP contribution is -2.45. The van der Waals surface area contributed by atoms with Gasteiger partial charge in [0.1, 0.15) is 0 Å². The number of rotatable bonds is 9. The predicted molar refractivity (Wildman–Crippen MR) is 100 cm³/mol.